The highest BCUT2D eigenvalue weighted by atomic mass is 16.5. The van der Waals surface area contributed by atoms with E-state index in [0.717, 1.165) is 80.6 Å². The number of rotatable bonds is 7. The summed E-state index contributed by atoms with van der Waals surface area (Å²) in [4.78, 5) is 16.7. The van der Waals surface area contributed by atoms with Crippen molar-refractivity contribution in [1.82, 2.24) is 24.8 Å². The molecule has 3 heterocycles. The summed E-state index contributed by atoms with van der Waals surface area (Å²) in [6.45, 7) is 5.06. The zero-order valence-electron chi connectivity index (χ0n) is 17.3. The second-order valence-corrected chi connectivity index (χ2v) is 7.68. The highest BCUT2D eigenvalue weighted by Crippen LogP contribution is 2.27. The summed E-state index contributed by atoms with van der Waals surface area (Å²) in [5.41, 5.74) is 3.20. The van der Waals surface area contributed by atoms with Crippen molar-refractivity contribution < 1.29 is 14.3 Å². The molecule has 0 radical (unpaired) electrons. The van der Waals surface area contributed by atoms with Crippen molar-refractivity contribution in [3.63, 3.8) is 0 Å². The van der Waals surface area contributed by atoms with E-state index in [9.17, 15) is 4.79 Å². The highest BCUT2D eigenvalue weighted by molar-refractivity contribution is 5.76. The minimum absolute atomic E-state index is 0.236. The first-order valence-electron chi connectivity index (χ1n) is 10.3. The molecule has 0 aliphatic carbocycles. The van der Waals surface area contributed by atoms with Gasteiger partial charge >= 0.3 is 0 Å². The monoisotopic (exact) mass is 399 g/mol. The van der Waals surface area contributed by atoms with Crippen LogP contribution >= 0.6 is 0 Å². The summed E-state index contributed by atoms with van der Waals surface area (Å²) in [6, 6.07) is 5.93. The van der Waals surface area contributed by atoms with Gasteiger partial charge in [-0.1, -0.05) is 11.3 Å². The smallest absolute Gasteiger partial charge is 0.222 e. The van der Waals surface area contributed by atoms with Crippen LogP contribution in [0.5, 0.6) is 11.5 Å². The number of aryl methyl sites for hydroxylation is 1. The minimum Gasteiger partial charge on any atom is -0.497 e. The summed E-state index contributed by atoms with van der Waals surface area (Å²) in [5, 5.41) is 8.67. The van der Waals surface area contributed by atoms with E-state index in [1.54, 1.807) is 14.2 Å². The van der Waals surface area contributed by atoms with Crippen LogP contribution < -0.4 is 9.47 Å². The molecule has 0 bridgehead atoms. The number of hydrogen-bond donors (Lipinski definition) is 0. The molecule has 8 heteroatoms. The standard InChI is InChI=1S/C21H29N5O3/c1-28-17-6-5-16(20(13-17)29-2)14-24-11-12-26-19(15-24)18(22-23-26)7-8-21(27)25-9-3-4-10-25/h5-6,13H,3-4,7-12,14-15H2,1-2H3. The van der Waals surface area contributed by atoms with Gasteiger partial charge in [-0.15, -0.1) is 5.10 Å². The van der Waals surface area contributed by atoms with Gasteiger partial charge in [0.05, 0.1) is 32.2 Å². The van der Waals surface area contributed by atoms with Gasteiger partial charge in [0.1, 0.15) is 11.5 Å². The highest BCUT2D eigenvalue weighted by Gasteiger charge is 2.24. The molecule has 8 nitrogen and oxygen atoms in total. The third-order valence-electron chi connectivity index (χ3n) is 5.84. The van der Waals surface area contributed by atoms with Crippen LogP contribution in [0.3, 0.4) is 0 Å². The first kappa shape index (κ1) is 19.7. The summed E-state index contributed by atoms with van der Waals surface area (Å²) >= 11 is 0. The largest absolute Gasteiger partial charge is 0.497 e. The predicted molar refractivity (Wildman–Crippen MR) is 108 cm³/mol. The van der Waals surface area contributed by atoms with Crippen LogP contribution in [-0.2, 0) is 30.8 Å². The van der Waals surface area contributed by atoms with Gasteiger partial charge in [0.2, 0.25) is 5.91 Å². The summed E-state index contributed by atoms with van der Waals surface area (Å²) in [7, 11) is 3.34. The third-order valence-corrected chi connectivity index (χ3v) is 5.84. The van der Waals surface area contributed by atoms with Gasteiger partial charge in [-0.3, -0.25) is 9.69 Å². The van der Waals surface area contributed by atoms with Crippen LogP contribution in [0.2, 0.25) is 0 Å². The molecule has 0 saturated carbocycles. The third kappa shape index (κ3) is 4.37. The fraction of sp³-hybridized carbons (Fsp3) is 0.571. The van der Waals surface area contributed by atoms with Crippen molar-refractivity contribution in [2.45, 2.75) is 45.3 Å². The van der Waals surface area contributed by atoms with Crippen LogP contribution in [0.4, 0.5) is 0 Å². The fourth-order valence-electron chi connectivity index (χ4n) is 4.15. The van der Waals surface area contributed by atoms with Crippen LogP contribution in [-0.4, -0.2) is 64.6 Å². The van der Waals surface area contributed by atoms with E-state index in [-0.39, 0.29) is 5.91 Å². The van der Waals surface area contributed by atoms with Gasteiger partial charge in [-0.2, -0.15) is 0 Å². The molecule has 0 N–H and O–H groups in total. The maximum Gasteiger partial charge on any atom is 0.222 e. The van der Waals surface area contributed by atoms with E-state index in [1.807, 2.05) is 21.7 Å². The Balaban J connectivity index is 1.40. The molecule has 4 rings (SSSR count). The number of likely N-dealkylation sites (tertiary alicyclic amines) is 1. The van der Waals surface area contributed by atoms with Gasteiger partial charge in [-0.05, 0) is 18.9 Å². The molecule has 1 aromatic heterocycles. The van der Waals surface area contributed by atoms with E-state index >= 15 is 0 Å². The lowest BCUT2D eigenvalue weighted by atomic mass is 10.1. The Hall–Kier alpha value is -2.61. The summed E-state index contributed by atoms with van der Waals surface area (Å²) < 4.78 is 12.8. The minimum atomic E-state index is 0.236. The van der Waals surface area contributed by atoms with Gasteiger partial charge in [0, 0.05) is 57.2 Å². The molecule has 1 amide bonds. The number of nitrogens with zero attached hydrogens (tertiary/aromatic N) is 5. The molecule has 1 saturated heterocycles. The average molecular weight is 399 g/mol. The molecule has 0 unspecified atom stereocenters. The summed E-state index contributed by atoms with van der Waals surface area (Å²) in [6.07, 6.45) is 3.41. The molecule has 156 valence electrons. The van der Waals surface area contributed by atoms with E-state index in [1.165, 1.54) is 0 Å². The first-order valence-corrected chi connectivity index (χ1v) is 10.3. The number of aromatic nitrogens is 3. The molecular formula is C21H29N5O3. The second-order valence-electron chi connectivity index (χ2n) is 7.68. The lowest BCUT2D eigenvalue weighted by Crippen LogP contribution is -2.34. The van der Waals surface area contributed by atoms with Crippen molar-refractivity contribution in [1.29, 1.82) is 0 Å². The number of carbonyl (C=O) groups excluding carboxylic acids is 1. The maximum atomic E-state index is 12.4. The van der Waals surface area contributed by atoms with Crippen molar-refractivity contribution in [3.05, 3.63) is 35.2 Å². The Morgan fingerprint density at radius 1 is 1.10 bits per heavy atom. The zero-order valence-corrected chi connectivity index (χ0v) is 17.3. The topological polar surface area (TPSA) is 72.7 Å². The van der Waals surface area contributed by atoms with Crippen LogP contribution in [0.1, 0.15) is 36.2 Å². The first-order chi connectivity index (χ1) is 14.2. The average Bonchev–Trinajstić information content (AvgIpc) is 3.42. The molecule has 29 heavy (non-hydrogen) atoms. The van der Waals surface area contributed by atoms with Gasteiger partial charge in [0.25, 0.3) is 0 Å². The Morgan fingerprint density at radius 3 is 2.69 bits per heavy atom. The van der Waals surface area contributed by atoms with Crippen LogP contribution in [0.15, 0.2) is 18.2 Å². The molecule has 0 spiro atoms. The van der Waals surface area contributed by atoms with E-state index < -0.39 is 0 Å². The Labute approximate surface area is 171 Å². The van der Waals surface area contributed by atoms with Gasteiger partial charge in [0.15, 0.2) is 0 Å². The van der Waals surface area contributed by atoms with E-state index in [0.29, 0.717) is 12.8 Å². The molecule has 2 aliphatic rings. The number of benzene rings is 1. The SMILES string of the molecule is COc1ccc(CN2CCn3nnc(CCC(=O)N4CCCC4)c3C2)c(OC)c1. The predicted octanol–water partition coefficient (Wildman–Crippen LogP) is 1.87. The summed E-state index contributed by atoms with van der Waals surface area (Å²) in [5.74, 6) is 1.86. The number of methoxy groups -OCH3 is 2. The van der Waals surface area contributed by atoms with Crippen molar-refractivity contribution in [2.24, 2.45) is 0 Å². The lowest BCUT2D eigenvalue weighted by Gasteiger charge is -2.28. The molecule has 1 fully saturated rings. The van der Waals surface area contributed by atoms with Crippen molar-refractivity contribution in [3.8, 4) is 11.5 Å². The van der Waals surface area contributed by atoms with Crippen molar-refractivity contribution >= 4 is 5.91 Å². The van der Waals surface area contributed by atoms with Crippen LogP contribution in [0.25, 0.3) is 0 Å². The molecule has 0 atom stereocenters. The number of amides is 1. The Bertz CT molecular complexity index is 860. The van der Waals surface area contributed by atoms with E-state index in [2.05, 4.69) is 21.3 Å². The maximum absolute atomic E-state index is 12.4. The number of carbonyl (C=O) groups is 1. The molecule has 1 aromatic carbocycles. The number of hydrogen-bond acceptors (Lipinski definition) is 6. The van der Waals surface area contributed by atoms with Gasteiger partial charge in [-0.25, -0.2) is 4.68 Å². The Morgan fingerprint density at radius 2 is 1.93 bits per heavy atom. The number of ether oxygens (including phenoxy) is 2. The van der Waals surface area contributed by atoms with Crippen LogP contribution in [0, 0.1) is 0 Å². The Kier molecular flexibility index (Phi) is 5.99. The normalized spacial score (nSPS) is 16.7. The fourth-order valence-corrected chi connectivity index (χ4v) is 4.15. The second kappa shape index (κ2) is 8.82. The molecule has 2 aromatic rings. The van der Waals surface area contributed by atoms with E-state index in [4.69, 9.17) is 9.47 Å². The number of fused-ring (bicyclic) bond motifs is 1. The van der Waals surface area contributed by atoms with Crippen molar-refractivity contribution in [2.75, 3.05) is 33.9 Å². The van der Waals surface area contributed by atoms with Gasteiger partial charge < -0.3 is 14.4 Å². The quantitative estimate of drug-likeness (QED) is 0.708. The molecule has 2 aliphatic heterocycles. The zero-order chi connectivity index (χ0) is 20.2. The lowest BCUT2D eigenvalue weighted by molar-refractivity contribution is -0.130. The molecular weight excluding hydrogens is 370 g/mol.